The van der Waals surface area contributed by atoms with Crippen LogP contribution in [-0.4, -0.2) is 23.2 Å². The van der Waals surface area contributed by atoms with Crippen LogP contribution in [0.25, 0.3) is 0 Å². The van der Waals surface area contributed by atoms with E-state index < -0.39 is 0 Å². The number of benzene rings is 2. The summed E-state index contributed by atoms with van der Waals surface area (Å²) in [5, 5.41) is 12.9. The van der Waals surface area contributed by atoms with Crippen molar-refractivity contribution in [3.63, 3.8) is 0 Å². The van der Waals surface area contributed by atoms with Gasteiger partial charge in [0.2, 0.25) is 0 Å². The van der Waals surface area contributed by atoms with Crippen molar-refractivity contribution in [1.82, 2.24) is 0 Å². The molecule has 126 valence electrons. The predicted molar refractivity (Wildman–Crippen MR) is 94.5 cm³/mol. The number of amides is 1. The Balaban J connectivity index is 1.62. The predicted octanol–water partition coefficient (Wildman–Crippen LogP) is 3.93. The molecule has 1 fully saturated rings. The van der Waals surface area contributed by atoms with Crippen LogP contribution in [0.4, 0.5) is 5.69 Å². The zero-order chi connectivity index (χ0) is 16.9. The van der Waals surface area contributed by atoms with Crippen LogP contribution in [0.1, 0.15) is 41.6 Å². The molecule has 1 saturated carbocycles. The van der Waals surface area contributed by atoms with Crippen molar-refractivity contribution in [1.29, 1.82) is 0 Å². The number of hydrogen-bond acceptors (Lipinski definition) is 3. The standard InChI is InChI=1S/C20H23NO3/c1-14-6-2-3-7-17(14)20(23)21-15-10-12-16(13-11-15)24-19-9-5-4-8-18(19)22/h2-3,6-7,10-13,18-19,22H,4-5,8-9H2,1H3,(H,21,23). The number of aryl methyl sites for hydroxylation is 1. The summed E-state index contributed by atoms with van der Waals surface area (Å²) in [6, 6.07) is 14.8. The fourth-order valence-corrected chi connectivity index (χ4v) is 3.03. The summed E-state index contributed by atoms with van der Waals surface area (Å²) in [7, 11) is 0. The van der Waals surface area contributed by atoms with Crippen LogP contribution in [0.15, 0.2) is 48.5 Å². The number of hydrogen-bond donors (Lipinski definition) is 2. The third kappa shape index (κ3) is 3.95. The molecule has 1 aliphatic rings. The lowest BCUT2D eigenvalue weighted by molar-refractivity contribution is 0.00688. The van der Waals surface area contributed by atoms with Crippen LogP contribution < -0.4 is 10.1 Å². The van der Waals surface area contributed by atoms with Gasteiger partial charge in [0.1, 0.15) is 11.9 Å². The zero-order valence-corrected chi connectivity index (χ0v) is 13.9. The first-order valence-electron chi connectivity index (χ1n) is 8.45. The van der Waals surface area contributed by atoms with Gasteiger partial charge in [-0.1, -0.05) is 24.6 Å². The van der Waals surface area contributed by atoms with Crippen molar-refractivity contribution in [3.8, 4) is 5.75 Å². The summed E-state index contributed by atoms with van der Waals surface area (Å²) in [6.45, 7) is 1.92. The van der Waals surface area contributed by atoms with Gasteiger partial charge in [-0.2, -0.15) is 0 Å². The normalized spacial score (nSPS) is 20.4. The highest BCUT2D eigenvalue weighted by molar-refractivity contribution is 6.05. The number of anilines is 1. The van der Waals surface area contributed by atoms with Crippen LogP contribution in [-0.2, 0) is 0 Å². The molecule has 2 unspecified atom stereocenters. The van der Waals surface area contributed by atoms with Crippen LogP contribution in [0.5, 0.6) is 5.75 Å². The van der Waals surface area contributed by atoms with E-state index >= 15 is 0 Å². The van der Waals surface area contributed by atoms with E-state index in [-0.39, 0.29) is 18.1 Å². The minimum absolute atomic E-state index is 0.121. The molecular formula is C20H23NO3. The minimum atomic E-state index is -0.390. The van der Waals surface area contributed by atoms with Crippen LogP contribution in [0.3, 0.4) is 0 Å². The van der Waals surface area contributed by atoms with Gasteiger partial charge >= 0.3 is 0 Å². The van der Waals surface area contributed by atoms with Crippen molar-refractivity contribution < 1.29 is 14.6 Å². The lowest BCUT2D eigenvalue weighted by Gasteiger charge is -2.28. The van der Waals surface area contributed by atoms with E-state index in [1.165, 1.54) is 0 Å². The molecule has 1 aliphatic carbocycles. The molecule has 3 rings (SSSR count). The molecule has 0 heterocycles. The minimum Gasteiger partial charge on any atom is -0.488 e. The lowest BCUT2D eigenvalue weighted by atomic mass is 9.95. The Morgan fingerprint density at radius 2 is 1.79 bits per heavy atom. The molecule has 0 aromatic heterocycles. The summed E-state index contributed by atoms with van der Waals surface area (Å²) >= 11 is 0. The Kier molecular flexibility index (Phi) is 5.16. The van der Waals surface area contributed by atoms with Gasteiger partial charge in [0.25, 0.3) is 5.91 Å². The van der Waals surface area contributed by atoms with Crippen molar-refractivity contribution >= 4 is 11.6 Å². The summed E-state index contributed by atoms with van der Waals surface area (Å²) in [5.41, 5.74) is 2.34. The first-order valence-corrected chi connectivity index (χ1v) is 8.45. The average molecular weight is 325 g/mol. The Bertz CT molecular complexity index is 696. The Morgan fingerprint density at radius 3 is 2.50 bits per heavy atom. The number of aliphatic hydroxyl groups excluding tert-OH is 1. The van der Waals surface area contributed by atoms with Crippen molar-refractivity contribution in [2.75, 3.05) is 5.32 Å². The molecule has 0 radical (unpaired) electrons. The van der Waals surface area contributed by atoms with Gasteiger partial charge < -0.3 is 15.2 Å². The number of nitrogens with one attached hydrogen (secondary N) is 1. The zero-order valence-electron chi connectivity index (χ0n) is 13.9. The third-order valence-corrected chi connectivity index (χ3v) is 4.46. The molecule has 2 atom stereocenters. The maximum atomic E-state index is 12.3. The van der Waals surface area contributed by atoms with Gasteiger partial charge in [-0.3, -0.25) is 4.79 Å². The summed E-state index contributed by atoms with van der Waals surface area (Å²) < 4.78 is 5.87. The molecule has 0 saturated heterocycles. The molecule has 2 aromatic carbocycles. The Morgan fingerprint density at radius 1 is 1.08 bits per heavy atom. The van der Waals surface area contributed by atoms with Gasteiger partial charge in [0.05, 0.1) is 6.10 Å². The van der Waals surface area contributed by atoms with E-state index in [0.29, 0.717) is 5.56 Å². The van der Waals surface area contributed by atoms with Crippen molar-refractivity contribution in [3.05, 3.63) is 59.7 Å². The maximum absolute atomic E-state index is 12.3. The smallest absolute Gasteiger partial charge is 0.255 e. The molecule has 0 aliphatic heterocycles. The van der Waals surface area contributed by atoms with Crippen LogP contribution >= 0.6 is 0 Å². The van der Waals surface area contributed by atoms with Gasteiger partial charge in [-0.05, 0) is 62.1 Å². The Labute approximate surface area is 142 Å². The summed E-state index contributed by atoms with van der Waals surface area (Å²) in [6.07, 6.45) is 3.31. The van der Waals surface area contributed by atoms with E-state index in [9.17, 15) is 9.90 Å². The van der Waals surface area contributed by atoms with Crippen molar-refractivity contribution in [2.24, 2.45) is 0 Å². The van der Waals surface area contributed by atoms with Gasteiger partial charge in [0, 0.05) is 11.3 Å². The second-order valence-electron chi connectivity index (χ2n) is 6.30. The van der Waals surface area contributed by atoms with E-state index in [0.717, 1.165) is 42.7 Å². The van der Waals surface area contributed by atoms with E-state index in [1.54, 1.807) is 0 Å². The average Bonchev–Trinajstić information content (AvgIpc) is 2.59. The number of ether oxygens (including phenoxy) is 1. The number of carbonyl (C=O) groups excluding carboxylic acids is 1. The van der Waals surface area contributed by atoms with Gasteiger partial charge in [0.15, 0.2) is 0 Å². The topological polar surface area (TPSA) is 58.6 Å². The van der Waals surface area contributed by atoms with Crippen molar-refractivity contribution in [2.45, 2.75) is 44.8 Å². The highest BCUT2D eigenvalue weighted by atomic mass is 16.5. The molecule has 2 N–H and O–H groups in total. The van der Waals surface area contributed by atoms with Gasteiger partial charge in [-0.15, -0.1) is 0 Å². The first-order chi connectivity index (χ1) is 11.6. The van der Waals surface area contributed by atoms with E-state index in [2.05, 4.69) is 5.32 Å². The van der Waals surface area contributed by atoms with Gasteiger partial charge in [-0.25, -0.2) is 0 Å². The summed E-state index contributed by atoms with van der Waals surface area (Å²) in [5.74, 6) is 0.597. The monoisotopic (exact) mass is 325 g/mol. The Hall–Kier alpha value is -2.33. The molecule has 4 heteroatoms. The summed E-state index contributed by atoms with van der Waals surface area (Å²) in [4.78, 5) is 12.3. The molecule has 2 aromatic rings. The lowest BCUT2D eigenvalue weighted by Crippen LogP contribution is -2.34. The quantitative estimate of drug-likeness (QED) is 0.895. The fraction of sp³-hybridized carbons (Fsp3) is 0.350. The second-order valence-corrected chi connectivity index (χ2v) is 6.30. The maximum Gasteiger partial charge on any atom is 0.255 e. The number of rotatable bonds is 4. The first kappa shape index (κ1) is 16.5. The van der Waals surface area contributed by atoms with Crippen LogP contribution in [0, 0.1) is 6.92 Å². The molecule has 24 heavy (non-hydrogen) atoms. The molecule has 1 amide bonds. The largest absolute Gasteiger partial charge is 0.488 e. The third-order valence-electron chi connectivity index (χ3n) is 4.46. The molecule has 0 bridgehead atoms. The van der Waals surface area contributed by atoms with E-state index in [1.807, 2.05) is 55.5 Å². The molecule has 0 spiro atoms. The van der Waals surface area contributed by atoms with E-state index in [4.69, 9.17) is 4.74 Å². The SMILES string of the molecule is Cc1ccccc1C(=O)Nc1ccc(OC2CCCCC2O)cc1. The fourth-order valence-electron chi connectivity index (χ4n) is 3.03. The highest BCUT2D eigenvalue weighted by Gasteiger charge is 2.24. The number of carbonyl (C=O) groups is 1. The molecular weight excluding hydrogens is 302 g/mol. The highest BCUT2D eigenvalue weighted by Crippen LogP contribution is 2.25. The number of aliphatic hydroxyl groups is 1. The molecule has 4 nitrogen and oxygen atoms in total. The second kappa shape index (κ2) is 7.49. The van der Waals surface area contributed by atoms with Crippen LogP contribution in [0.2, 0.25) is 0 Å².